The maximum absolute atomic E-state index is 13.2. The highest BCUT2D eigenvalue weighted by molar-refractivity contribution is 5.53. The number of halogens is 4. The first kappa shape index (κ1) is 17.3. The topological polar surface area (TPSA) is 89.6 Å². The third-order valence-electron chi connectivity index (χ3n) is 3.93. The van der Waals surface area contributed by atoms with E-state index in [2.05, 4.69) is 25.3 Å². The van der Waals surface area contributed by atoms with Gasteiger partial charge in [-0.2, -0.15) is 15.0 Å². The molecule has 1 fully saturated rings. The SMILES string of the molecule is Nc1nc(NC2CCC(F)(F)CC2)nc(-c2cccc(C(F)F)n2)n1. The summed E-state index contributed by atoms with van der Waals surface area (Å²) in [6.45, 7) is 0. The van der Waals surface area contributed by atoms with Gasteiger partial charge in [0, 0.05) is 18.9 Å². The lowest BCUT2D eigenvalue weighted by Crippen LogP contribution is -2.32. The molecule has 134 valence electrons. The van der Waals surface area contributed by atoms with Gasteiger partial charge in [-0.05, 0) is 25.0 Å². The smallest absolute Gasteiger partial charge is 0.280 e. The highest BCUT2D eigenvalue weighted by atomic mass is 19.3. The summed E-state index contributed by atoms with van der Waals surface area (Å²) in [5.41, 5.74) is 5.37. The summed E-state index contributed by atoms with van der Waals surface area (Å²) < 4.78 is 52.0. The summed E-state index contributed by atoms with van der Waals surface area (Å²) in [6.07, 6.45) is -2.60. The van der Waals surface area contributed by atoms with Gasteiger partial charge in [0.15, 0.2) is 5.82 Å². The zero-order valence-corrected chi connectivity index (χ0v) is 13.1. The number of alkyl halides is 4. The highest BCUT2D eigenvalue weighted by Crippen LogP contribution is 2.34. The minimum atomic E-state index is -2.72. The molecule has 25 heavy (non-hydrogen) atoms. The van der Waals surface area contributed by atoms with E-state index in [4.69, 9.17) is 5.73 Å². The number of nitrogens with one attached hydrogen (secondary N) is 1. The van der Waals surface area contributed by atoms with Gasteiger partial charge >= 0.3 is 0 Å². The Labute approximate surface area is 140 Å². The highest BCUT2D eigenvalue weighted by Gasteiger charge is 2.35. The monoisotopic (exact) mass is 356 g/mol. The van der Waals surface area contributed by atoms with Crippen LogP contribution in [0.2, 0.25) is 0 Å². The Morgan fingerprint density at radius 3 is 2.48 bits per heavy atom. The van der Waals surface area contributed by atoms with Crippen molar-refractivity contribution in [3.05, 3.63) is 23.9 Å². The second-order valence-electron chi connectivity index (χ2n) is 5.86. The van der Waals surface area contributed by atoms with Crippen molar-refractivity contribution in [2.24, 2.45) is 0 Å². The Morgan fingerprint density at radius 1 is 1.08 bits per heavy atom. The van der Waals surface area contributed by atoms with Gasteiger partial charge in [-0.15, -0.1) is 0 Å². The first-order valence-corrected chi connectivity index (χ1v) is 7.74. The molecule has 3 rings (SSSR count). The maximum Gasteiger partial charge on any atom is 0.280 e. The maximum atomic E-state index is 13.2. The Balaban J connectivity index is 1.80. The van der Waals surface area contributed by atoms with Crippen LogP contribution in [-0.2, 0) is 0 Å². The van der Waals surface area contributed by atoms with E-state index in [0.717, 1.165) is 0 Å². The van der Waals surface area contributed by atoms with E-state index < -0.39 is 18.0 Å². The Bertz CT molecular complexity index is 745. The van der Waals surface area contributed by atoms with Gasteiger partial charge in [0.25, 0.3) is 6.43 Å². The predicted octanol–water partition coefficient (Wildman–Crippen LogP) is 3.44. The zero-order valence-electron chi connectivity index (χ0n) is 13.1. The Hall–Kier alpha value is -2.52. The van der Waals surface area contributed by atoms with Crippen LogP contribution in [0, 0.1) is 0 Å². The lowest BCUT2D eigenvalue weighted by molar-refractivity contribution is -0.0361. The summed E-state index contributed by atoms with van der Waals surface area (Å²) in [5.74, 6) is -2.60. The van der Waals surface area contributed by atoms with Crippen molar-refractivity contribution in [1.29, 1.82) is 0 Å². The average Bonchev–Trinajstić information content (AvgIpc) is 2.56. The molecule has 0 spiro atoms. The van der Waals surface area contributed by atoms with Crippen LogP contribution in [0.3, 0.4) is 0 Å². The van der Waals surface area contributed by atoms with Crippen molar-refractivity contribution in [3.63, 3.8) is 0 Å². The third kappa shape index (κ3) is 4.31. The average molecular weight is 356 g/mol. The Morgan fingerprint density at radius 2 is 1.80 bits per heavy atom. The second-order valence-corrected chi connectivity index (χ2v) is 5.86. The second kappa shape index (κ2) is 6.77. The van der Waals surface area contributed by atoms with Crippen molar-refractivity contribution in [2.45, 2.75) is 44.1 Å². The number of rotatable bonds is 4. The van der Waals surface area contributed by atoms with Crippen LogP contribution in [0.5, 0.6) is 0 Å². The summed E-state index contributed by atoms with van der Waals surface area (Å²) in [7, 11) is 0. The Kier molecular flexibility index (Phi) is 4.69. The van der Waals surface area contributed by atoms with Crippen LogP contribution in [0.25, 0.3) is 11.5 Å². The van der Waals surface area contributed by atoms with Crippen LogP contribution >= 0.6 is 0 Å². The van der Waals surface area contributed by atoms with Crippen LogP contribution in [0.15, 0.2) is 18.2 Å². The number of nitrogens with zero attached hydrogens (tertiary/aromatic N) is 4. The van der Waals surface area contributed by atoms with Crippen molar-refractivity contribution in [1.82, 2.24) is 19.9 Å². The van der Waals surface area contributed by atoms with Gasteiger partial charge in [-0.25, -0.2) is 22.5 Å². The molecule has 0 bridgehead atoms. The molecular weight excluding hydrogens is 340 g/mol. The fourth-order valence-corrected chi connectivity index (χ4v) is 2.64. The molecule has 0 aromatic carbocycles. The van der Waals surface area contributed by atoms with Gasteiger partial charge in [0.2, 0.25) is 17.8 Å². The van der Waals surface area contributed by atoms with Crippen LogP contribution in [0.4, 0.5) is 29.5 Å². The van der Waals surface area contributed by atoms with Crippen molar-refractivity contribution >= 4 is 11.9 Å². The lowest BCUT2D eigenvalue weighted by Gasteiger charge is -2.28. The molecule has 0 aliphatic heterocycles. The fraction of sp³-hybridized carbons (Fsp3) is 0.467. The van der Waals surface area contributed by atoms with E-state index in [9.17, 15) is 17.6 Å². The van der Waals surface area contributed by atoms with Gasteiger partial charge in [0.1, 0.15) is 11.4 Å². The zero-order chi connectivity index (χ0) is 18.0. The fourth-order valence-electron chi connectivity index (χ4n) is 2.64. The summed E-state index contributed by atoms with van der Waals surface area (Å²) in [6, 6.07) is 3.88. The normalized spacial score (nSPS) is 17.6. The minimum Gasteiger partial charge on any atom is -0.368 e. The van der Waals surface area contributed by atoms with Gasteiger partial charge in [-0.3, -0.25) is 0 Å². The molecule has 0 unspecified atom stereocenters. The van der Waals surface area contributed by atoms with E-state index >= 15 is 0 Å². The molecule has 1 aliphatic rings. The molecule has 2 aromatic rings. The number of nitrogens with two attached hydrogens (primary N) is 1. The summed E-state index contributed by atoms with van der Waals surface area (Å²) in [5, 5.41) is 2.96. The molecule has 3 N–H and O–H groups in total. The standard InChI is InChI=1S/C15H16F4N6/c16-11(17)9-2-1-3-10(22-9)12-23-13(20)25-14(24-12)21-8-4-6-15(18,19)7-5-8/h1-3,8,11H,4-7H2,(H3,20,21,23,24,25). The number of anilines is 2. The quantitative estimate of drug-likeness (QED) is 0.816. The van der Waals surface area contributed by atoms with Crippen LogP contribution < -0.4 is 11.1 Å². The number of hydrogen-bond donors (Lipinski definition) is 2. The van der Waals surface area contributed by atoms with Crippen molar-refractivity contribution < 1.29 is 17.6 Å². The largest absolute Gasteiger partial charge is 0.368 e. The summed E-state index contributed by atoms with van der Waals surface area (Å²) >= 11 is 0. The molecule has 0 saturated heterocycles. The third-order valence-corrected chi connectivity index (χ3v) is 3.93. The first-order valence-electron chi connectivity index (χ1n) is 7.74. The van der Waals surface area contributed by atoms with Gasteiger partial charge in [-0.1, -0.05) is 6.07 Å². The molecule has 0 amide bonds. The van der Waals surface area contributed by atoms with E-state index in [-0.39, 0.29) is 55.1 Å². The van der Waals surface area contributed by atoms with E-state index in [1.807, 2.05) is 0 Å². The van der Waals surface area contributed by atoms with Crippen molar-refractivity contribution in [2.75, 3.05) is 11.1 Å². The molecule has 6 nitrogen and oxygen atoms in total. The number of pyridine rings is 1. The number of nitrogen functional groups attached to an aromatic ring is 1. The minimum absolute atomic E-state index is 0.0404. The van der Waals surface area contributed by atoms with Crippen LogP contribution in [-0.4, -0.2) is 31.9 Å². The molecule has 0 radical (unpaired) electrons. The van der Waals surface area contributed by atoms with Gasteiger partial charge < -0.3 is 11.1 Å². The predicted molar refractivity (Wildman–Crippen MR) is 83.3 cm³/mol. The van der Waals surface area contributed by atoms with E-state index in [0.29, 0.717) is 0 Å². The molecule has 0 atom stereocenters. The number of hydrogen-bond acceptors (Lipinski definition) is 6. The van der Waals surface area contributed by atoms with E-state index in [1.54, 1.807) is 0 Å². The summed E-state index contributed by atoms with van der Waals surface area (Å²) in [4.78, 5) is 15.8. The molecule has 1 aliphatic carbocycles. The molecule has 1 saturated carbocycles. The molecular formula is C15H16F4N6. The first-order chi connectivity index (χ1) is 11.8. The van der Waals surface area contributed by atoms with Gasteiger partial charge in [0.05, 0.1) is 0 Å². The molecule has 2 aromatic heterocycles. The molecule has 10 heteroatoms. The number of aromatic nitrogens is 4. The molecule has 2 heterocycles. The lowest BCUT2D eigenvalue weighted by atomic mass is 9.92. The van der Waals surface area contributed by atoms with E-state index in [1.165, 1.54) is 18.2 Å². The van der Waals surface area contributed by atoms with Crippen LogP contribution in [0.1, 0.15) is 37.8 Å². The van der Waals surface area contributed by atoms with Crippen molar-refractivity contribution in [3.8, 4) is 11.5 Å².